The fraction of sp³-hybridized carbons (Fsp3) is 0.150. The Kier molecular flexibility index (Phi) is 7.60. The van der Waals surface area contributed by atoms with Gasteiger partial charge in [0.25, 0.3) is 5.91 Å². The van der Waals surface area contributed by atoms with Crippen LogP contribution in [0.15, 0.2) is 48.5 Å². The van der Waals surface area contributed by atoms with E-state index in [-0.39, 0.29) is 28.4 Å². The fourth-order valence-electron chi connectivity index (χ4n) is 2.26. The van der Waals surface area contributed by atoms with Crippen LogP contribution in [0.3, 0.4) is 0 Å². The number of esters is 1. The number of ether oxygens (including phenoxy) is 1. The van der Waals surface area contributed by atoms with Crippen LogP contribution >= 0.6 is 11.6 Å². The normalized spacial score (nSPS) is 11.2. The van der Waals surface area contributed by atoms with E-state index in [0.717, 1.165) is 30.4 Å². The molecule has 0 aliphatic heterocycles. The summed E-state index contributed by atoms with van der Waals surface area (Å²) in [5.41, 5.74) is -0.415. The molecule has 2 amide bonds. The van der Waals surface area contributed by atoms with Gasteiger partial charge in [0.05, 0.1) is 12.7 Å². The summed E-state index contributed by atoms with van der Waals surface area (Å²) in [6.45, 7) is -0.313. The molecular weight excluding hydrogens is 425 g/mol. The number of benzene rings is 2. The number of methoxy groups -OCH3 is 1. The lowest BCUT2D eigenvalue weighted by molar-refractivity contribution is -0.139. The lowest BCUT2D eigenvalue weighted by Gasteiger charge is -2.08. The molecule has 0 heterocycles. The number of nitrogens with one attached hydrogen (secondary N) is 2. The number of rotatable bonds is 6. The molecule has 0 aromatic heterocycles. The summed E-state index contributed by atoms with van der Waals surface area (Å²) in [5.74, 6) is -1.82. The molecule has 0 aliphatic carbocycles. The first kappa shape index (κ1) is 23.0. The monoisotopic (exact) mass is 440 g/mol. The highest BCUT2D eigenvalue weighted by atomic mass is 35.5. The van der Waals surface area contributed by atoms with Crippen molar-refractivity contribution in [2.75, 3.05) is 19.0 Å². The zero-order valence-corrected chi connectivity index (χ0v) is 16.3. The van der Waals surface area contributed by atoms with Crippen molar-refractivity contribution in [3.8, 4) is 0 Å². The minimum absolute atomic E-state index is 0.0255. The molecule has 0 spiro atoms. The van der Waals surface area contributed by atoms with Gasteiger partial charge in [-0.2, -0.15) is 13.2 Å². The smallest absolute Gasteiger partial charge is 0.416 e. The maximum atomic E-state index is 12.8. The van der Waals surface area contributed by atoms with Gasteiger partial charge < -0.3 is 15.4 Å². The van der Waals surface area contributed by atoms with E-state index < -0.39 is 29.5 Å². The summed E-state index contributed by atoms with van der Waals surface area (Å²) in [4.78, 5) is 35.2. The molecule has 30 heavy (non-hydrogen) atoms. The van der Waals surface area contributed by atoms with Crippen molar-refractivity contribution in [3.05, 3.63) is 70.3 Å². The van der Waals surface area contributed by atoms with Crippen molar-refractivity contribution < 1.29 is 32.3 Å². The van der Waals surface area contributed by atoms with E-state index in [2.05, 4.69) is 15.4 Å². The molecule has 0 bridgehead atoms. The number of carbonyl (C=O) groups excluding carboxylic acids is 3. The average molecular weight is 441 g/mol. The van der Waals surface area contributed by atoms with Crippen molar-refractivity contribution in [1.82, 2.24) is 5.32 Å². The predicted octanol–water partition coefficient (Wildman–Crippen LogP) is 3.91. The molecule has 0 saturated heterocycles. The highest BCUT2D eigenvalue weighted by Crippen LogP contribution is 2.32. The Hall–Kier alpha value is -3.33. The Labute approximate surface area is 174 Å². The number of halogens is 4. The SMILES string of the molecule is COC(=O)CNC(=O)c1cccc(NC(=O)/C=C/c2cc(C(F)(F)F)ccc2Cl)c1. The van der Waals surface area contributed by atoms with Crippen LogP contribution in [0.4, 0.5) is 18.9 Å². The van der Waals surface area contributed by atoms with Gasteiger partial charge in [-0.1, -0.05) is 17.7 Å². The Morgan fingerprint density at radius 1 is 1.13 bits per heavy atom. The third kappa shape index (κ3) is 6.63. The van der Waals surface area contributed by atoms with Crippen molar-refractivity contribution in [1.29, 1.82) is 0 Å². The highest BCUT2D eigenvalue weighted by Gasteiger charge is 2.30. The molecule has 0 saturated carbocycles. The molecule has 10 heteroatoms. The van der Waals surface area contributed by atoms with Crippen molar-refractivity contribution in [2.45, 2.75) is 6.18 Å². The van der Waals surface area contributed by atoms with Crippen LogP contribution in [0.25, 0.3) is 6.08 Å². The van der Waals surface area contributed by atoms with Crippen LogP contribution in [0.5, 0.6) is 0 Å². The maximum Gasteiger partial charge on any atom is 0.416 e. The van der Waals surface area contributed by atoms with Gasteiger partial charge in [-0.25, -0.2) is 0 Å². The topological polar surface area (TPSA) is 84.5 Å². The molecule has 2 rings (SSSR count). The largest absolute Gasteiger partial charge is 0.468 e. The van der Waals surface area contributed by atoms with Crippen LogP contribution in [-0.2, 0) is 20.5 Å². The van der Waals surface area contributed by atoms with Gasteiger partial charge in [0.1, 0.15) is 6.54 Å². The summed E-state index contributed by atoms with van der Waals surface area (Å²) >= 11 is 5.88. The van der Waals surface area contributed by atoms with Gasteiger partial charge in [-0.15, -0.1) is 0 Å². The summed E-state index contributed by atoms with van der Waals surface area (Å²) in [6, 6.07) is 8.64. The second kappa shape index (κ2) is 9.93. The molecule has 0 radical (unpaired) electrons. The van der Waals surface area contributed by atoms with Gasteiger partial charge in [0.2, 0.25) is 5.91 Å². The first-order valence-corrected chi connectivity index (χ1v) is 8.79. The number of carbonyl (C=O) groups is 3. The quantitative estimate of drug-likeness (QED) is 0.527. The molecule has 158 valence electrons. The zero-order valence-electron chi connectivity index (χ0n) is 15.5. The van der Waals surface area contributed by atoms with Gasteiger partial charge >= 0.3 is 12.1 Å². The summed E-state index contributed by atoms with van der Waals surface area (Å²) in [6.07, 6.45) is -2.37. The van der Waals surface area contributed by atoms with Gasteiger partial charge in [-0.05, 0) is 48.0 Å². The zero-order chi connectivity index (χ0) is 22.3. The van der Waals surface area contributed by atoms with Crippen LogP contribution in [0, 0.1) is 0 Å². The van der Waals surface area contributed by atoms with Crippen molar-refractivity contribution in [3.63, 3.8) is 0 Å². The minimum atomic E-state index is -4.54. The van der Waals surface area contributed by atoms with Crippen LogP contribution in [0.2, 0.25) is 5.02 Å². The predicted molar refractivity (Wildman–Crippen MR) is 105 cm³/mol. The molecule has 2 N–H and O–H groups in total. The molecule has 0 fully saturated rings. The Morgan fingerprint density at radius 2 is 1.87 bits per heavy atom. The molecule has 0 atom stereocenters. The standard InChI is InChI=1S/C20H16ClF3N2O4/c1-30-18(28)11-25-19(29)13-3-2-4-15(10-13)26-17(27)8-5-12-9-14(20(22,23)24)6-7-16(12)21/h2-10H,11H2,1H3,(H,25,29)(H,26,27)/b8-5+. The third-order valence-corrected chi connectivity index (χ3v) is 4.10. The lowest BCUT2D eigenvalue weighted by Crippen LogP contribution is -2.30. The second-order valence-corrected chi connectivity index (χ2v) is 6.30. The van der Waals surface area contributed by atoms with Crippen LogP contribution < -0.4 is 10.6 Å². The molecule has 0 unspecified atom stereocenters. The molecule has 6 nitrogen and oxygen atoms in total. The molecule has 2 aromatic rings. The van der Waals surface area contributed by atoms with E-state index in [1.54, 1.807) is 0 Å². The number of hydrogen-bond donors (Lipinski definition) is 2. The summed E-state index contributed by atoms with van der Waals surface area (Å²) < 4.78 is 42.8. The van der Waals surface area contributed by atoms with E-state index in [4.69, 9.17) is 11.6 Å². The van der Waals surface area contributed by atoms with E-state index >= 15 is 0 Å². The first-order chi connectivity index (χ1) is 14.1. The number of anilines is 1. The number of alkyl halides is 3. The Bertz CT molecular complexity index is 990. The summed E-state index contributed by atoms with van der Waals surface area (Å²) in [5, 5.41) is 4.89. The maximum absolute atomic E-state index is 12.8. The Balaban J connectivity index is 2.07. The first-order valence-electron chi connectivity index (χ1n) is 8.41. The van der Waals surface area contributed by atoms with Crippen molar-refractivity contribution in [2.24, 2.45) is 0 Å². The van der Waals surface area contributed by atoms with Crippen molar-refractivity contribution >= 4 is 41.1 Å². The lowest BCUT2D eigenvalue weighted by atomic mass is 10.1. The van der Waals surface area contributed by atoms with Crippen LogP contribution in [-0.4, -0.2) is 31.4 Å². The van der Waals surface area contributed by atoms with Gasteiger partial charge in [0, 0.05) is 22.3 Å². The second-order valence-electron chi connectivity index (χ2n) is 5.90. The molecule has 2 aromatic carbocycles. The Morgan fingerprint density at radius 3 is 2.53 bits per heavy atom. The molecule has 0 aliphatic rings. The number of amides is 2. The fourth-order valence-corrected chi connectivity index (χ4v) is 2.44. The third-order valence-electron chi connectivity index (χ3n) is 3.75. The van der Waals surface area contributed by atoms with E-state index in [9.17, 15) is 27.6 Å². The van der Waals surface area contributed by atoms with E-state index in [0.29, 0.717) is 0 Å². The van der Waals surface area contributed by atoms with Gasteiger partial charge in [0.15, 0.2) is 0 Å². The van der Waals surface area contributed by atoms with Gasteiger partial charge in [-0.3, -0.25) is 14.4 Å². The molecular formula is C20H16ClF3N2O4. The number of hydrogen-bond acceptors (Lipinski definition) is 4. The summed E-state index contributed by atoms with van der Waals surface area (Å²) in [7, 11) is 1.19. The van der Waals surface area contributed by atoms with E-state index in [1.807, 2.05) is 0 Å². The highest BCUT2D eigenvalue weighted by molar-refractivity contribution is 6.32. The van der Waals surface area contributed by atoms with Crippen LogP contribution in [0.1, 0.15) is 21.5 Å². The minimum Gasteiger partial charge on any atom is -0.468 e. The van der Waals surface area contributed by atoms with E-state index in [1.165, 1.54) is 31.4 Å². The average Bonchev–Trinajstić information content (AvgIpc) is 2.70.